The third-order valence-corrected chi connectivity index (χ3v) is 6.50. The molecular weight excluding hydrogens is 458 g/mol. The quantitative estimate of drug-likeness (QED) is 0.399. The second-order valence-electron chi connectivity index (χ2n) is 8.93. The van der Waals surface area contributed by atoms with Crippen molar-refractivity contribution in [3.05, 3.63) is 76.6 Å². The molecule has 2 aliphatic rings. The van der Waals surface area contributed by atoms with Crippen LogP contribution in [0.2, 0.25) is 0 Å². The van der Waals surface area contributed by atoms with E-state index in [0.29, 0.717) is 11.5 Å². The van der Waals surface area contributed by atoms with Crippen LogP contribution in [0.25, 0.3) is 11.8 Å². The van der Waals surface area contributed by atoms with Gasteiger partial charge in [-0.2, -0.15) is 0 Å². The molecule has 184 valence electrons. The summed E-state index contributed by atoms with van der Waals surface area (Å²) in [5, 5.41) is 2.27. The molecular formula is C28H27N3O5. The van der Waals surface area contributed by atoms with Crippen molar-refractivity contribution in [2.45, 2.75) is 40.0 Å². The number of barbiturate groups is 1. The number of ether oxygens (including phenoxy) is 2. The number of aryl methyl sites for hydroxylation is 2. The Hall–Kier alpha value is -4.33. The molecule has 0 saturated carbocycles. The zero-order chi connectivity index (χ0) is 25.4. The Morgan fingerprint density at radius 3 is 2.42 bits per heavy atom. The number of urea groups is 1. The van der Waals surface area contributed by atoms with Crippen LogP contribution in [-0.2, 0) is 16.0 Å². The average Bonchev–Trinajstić information content (AvgIpc) is 3.44. The maximum Gasteiger partial charge on any atom is 0.335 e. The van der Waals surface area contributed by atoms with E-state index in [0.717, 1.165) is 46.8 Å². The monoisotopic (exact) mass is 485 g/mol. The van der Waals surface area contributed by atoms with Crippen molar-refractivity contribution < 1.29 is 23.9 Å². The highest BCUT2D eigenvalue weighted by Gasteiger charge is 2.37. The zero-order valence-corrected chi connectivity index (χ0v) is 20.5. The predicted octanol–water partition coefficient (Wildman–Crippen LogP) is 4.83. The number of unbranched alkanes of at least 4 members (excludes halogenated alkanes) is 1. The first kappa shape index (κ1) is 23.4. The number of hydrogen-bond acceptors (Lipinski definition) is 5. The van der Waals surface area contributed by atoms with Crippen LogP contribution in [0.5, 0.6) is 11.5 Å². The zero-order valence-electron chi connectivity index (χ0n) is 20.5. The maximum absolute atomic E-state index is 13.3. The molecule has 0 spiro atoms. The number of benzene rings is 2. The van der Waals surface area contributed by atoms with Crippen molar-refractivity contribution in [2.24, 2.45) is 0 Å². The van der Waals surface area contributed by atoms with Crippen LogP contribution in [0, 0.1) is 13.8 Å². The summed E-state index contributed by atoms with van der Waals surface area (Å²) in [7, 11) is 0. The molecule has 3 heterocycles. The summed E-state index contributed by atoms with van der Waals surface area (Å²) in [6.45, 7) is 6.17. The highest BCUT2D eigenvalue weighted by molar-refractivity contribution is 6.39. The number of aromatic nitrogens is 1. The second-order valence-corrected chi connectivity index (χ2v) is 8.93. The Kier molecular flexibility index (Phi) is 6.10. The van der Waals surface area contributed by atoms with Crippen molar-refractivity contribution in [1.82, 2.24) is 9.88 Å². The van der Waals surface area contributed by atoms with E-state index in [-0.39, 0.29) is 18.1 Å². The first-order chi connectivity index (χ1) is 17.4. The lowest BCUT2D eigenvalue weighted by Gasteiger charge is -2.26. The van der Waals surface area contributed by atoms with Gasteiger partial charge in [0.25, 0.3) is 11.8 Å². The summed E-state index contributed by atoms with van der Waals surface area (Å²) in [5.74, 6) is -0.471. The minimum absolute atomic E-state index is 0.0691. The van der Waals surface area contributed by atoms with E-state index in [2.05, 4.69) is 41.1 Å². The van der Waals surface area contributed by atoms with Gasteiger partial charge in [0.15, 0.2) is 11.5 Å². The molecule has 0 bridgehead atoms. The maximum atomic E-state index is 13.3. The molecule has 2 aliphatic heterocycles. The van der Waals surface area contributed by atoms with Gasteiger partial charge in [-0.3, -0.25) is 14.9 Å². The van der Waals surface area contributed by atoms with Crippen LogP contribution in [0.3, 0.4) is 0 Å². The molecule has 1 N–H and O–H groups in total. The number of anilines is 1. The lowest BCUT2D eigenvalue weighted by molar-refractivity contribution is -0.122. The van der Waals surface area contributed by atoms with Crippen molar-refractivity contribution in [3.63, 3.8) is 0 Å². The Bertz CT molecular complexity index is 1400. The van der Waals surface area contributed by atoms with Gasteiger partial charge in [0.05, 0.1) is 5.69 Å². The first-order valence-electron chi connectivity index (χ1n) is 12.0. The number of amides is 4. The normalized spacial score (nSPS) is 16.1. The van der Waals surface area contributed by atoms with Gasteiger partial charge in [-0.25, -0.2) is 9.69 Å². The van der Waals surface area contributed by atoms with Crippen LogP contribution in [0.4, 0.5) is 10.5 Å². The summed E-state index contributed by atoms with van der Waals surface area (Å²) in [4.78, 5) is 39.5. The standard InChI is InChI=1S/C28H27N3O5/c1-4-5-6-19-7-9-21(10-8-19)30-17(2)13-20(18(30)3)14-23-26(32)29-28(34)31(27(23)33)22-11-12-24-25(15-22)36-16-35-24/h7-15H,4-6,16H2,1-3H3,(H,29,32,34)/b23-14+. The molecule has 4 amide bonds. The van der Waals surface area contributed by atoms with Crippen LogP contribution in [0.15, 0.2) is 54.1 Å². The van der Waals surface area contributed by atoms with Gasteiger partial charge >= 0.3 is 6.03 Å². The van der Waals surface area contributed by atoms with Gasteiger partial charge in [0.1, 0.15) is 5.57 Å². The number of fused-ring (bicyclic) bond motifs is 1. The van der Waals surface area contributed by atoms with Gasteiger partial charge in [0, 0.05) is 23.1 Å². The number of hydrogen-bond donors (Lipinski definition) is 1. The Morgan fingerprint density at radius 1 is 0.944 bits per heavy atom. The van der Waals surface area contributed by atoms with Crippen LogP contribution in [0.1, 0.15) is 42.3 Å². The number of carbonyl (C=O) groups excluding carboxylic acids is 3. The lowest BCUT2D eigenvalue weighted by atomic mass is 10.1. The fraction of sp³-hybridized carbons (Fsp3) is 0.250. The molecule has 0 aliphatic carbocycles. The molecule has 0 radical (unpaired) electrons. The van der Waals surface area contributed by atoms with E-state index < -0.39 is 17.8 Å². The number of nitrogens with one attached hydrogen (secondary N) is 1. The van der Waals surface area contributed by atoms with E-state index in [4.69, 9.17) is 9.47 Å². The van der Waals surface area contributed by atoms with Gasteiger partial charge in [0.2, 0.25) is 6.79 Å². The van der Waals surface area contributed by atoms with Gasteiger partial charge in [-0.1, -0.05) is 25.5 Å². The number of rotatable bonds is 6. The molecule has 8 nitrogen and oxygen atoms in total. The van der Waals surface area contributed by atoms with Crippen molar-refractivity contribution in [1.29, 1.82) is 0 Å². The summed E-state index contributed by atoms with van der Waals surface area (Å²) < 4.78 is 12.8. The highest BCUT2D eigenvalue weighted by Crippen LogP contribution is 2.36. The van der Waals surface area contributed by atoms with E-state index in [9.17, 15) is 14.4 Å². The van der Waals surface area contributed by atoms with Crippen molar-refractivity contribution in [3.8, 4) is 17.2 Å². The fourth-order valence-corrected chi connectivity index (χ4v) is 4.60. The number of carbonyl (C=O) groups is 3. The molecule has 5 rings (SSSR count). The minimum atomic E-state index is -0.811. The van der Waals surface area contributed by atoms with Crippen LogP contribution >= 0.6 is 0 Å². The van der Waals surface area contributed by atoms with Crippen molar-refractivity contribution >= 4 is 29.6 Å². The molecule has 2 aromatic carbocycles. The Balaban J connectivity index is 1.47. The summed E-state index contributed by atoms with van der Waals surface area (Å²) >= 11 is 0. The molecule has 36 heavy (non-hydrogen) atoms. The second kappa shape index (κ2) is 9.37. The third-order valence-electron chi connectivity index (χ3n) is 6.50. The molecule has 8 heteroatoms. The molecule has 3 aromatic rings. The Labute approximate surface area is 209 Å². The number of imide groups is 2. The summed E-state index contributed by atoms with van der Waals surface area (Å²) in [6, 6.07) is 14.3. The van der Waals surface area contributed by atoms with Gasteiger partial charge < -0.3 is 14.0 Å². The number of nitrogens with zero attached hydrogens (tertiary/aromatic N) is 2. The fourth-order valence-electron chi connectivity index (χ4n) is 4.60. The molecule has 0 unspecified atom stereocenters. The topological polar surface area (TPSA) is 89.9 Å². The molecule has 1 aromatic heterocycles. The first-order valence-corrected chi connectivity index (χ1v) is 12.0. The third kappa shape index (κ3) is 4.15. The SMILES string of the molecule is CCCCc1ccc(-n2c(C)cc(/C=C3\C(=O)NC(=O)N(c4ccc5c(c4)OCO5)C3=O)c2C)cc1. The highest BCUT2D eigenvalue weighted by atomic mass is 16.7. The van der Waals surface area contributed by atoms with E-state index >= 15 is 0 Å². The Morgan fingerprint density at radius 2 is 1.67 bits per heavy atom. The van der Waals surface area contributed by atoms with Crippen LogP contribution in [-0.4, -0.2) is 29.2 Å². The minimum Gasteiger partial charge on any atom is -0.454 e. The lowest BCUT2D eigenvalue weighted by Crippen LogP contribution is -2.54. The molecule has 0 atom stereocenters. The van der Waals surface area contributed by atoms with E-state index in [1.165, 1.54) is 5.56 Å². The summed E-state index contributed by atoms with van der Waals surface area (Å²) in [5.41, 5.74) is 5.04. The van der Waals surface area contributed by atoms with Gasteiger partial charge in [-0.05, 0) is 74.2 Å². The largest absolute Gasteiger partial charge is 0.454 e. The predicted molar refractivity (Wildman–Crippen MR) is 135 cm³/mol. The van der Waals surface area contributed by atoms with E-state index in [1.807, 2.05) is 19.9 Å². The molecule has 1 saturated heterocycles. The van der Waals surface area contributed by atoms with Gasteiger partial charge in [-0.15, -0.1) is 0 Å². The smallest absolute Gasteiger partial charge is 0.335 e. The molecule has 1 fully saturated rings. The average molecular weight is 486 g/mol. The summed E-state index contributed by atoms with van der Waals surface area (Å²) in [6.07, 6.45) is 4.90. The van der Waals surface area contributed by atoms with E-state index in [1.54, 1.807) is 24.3 Å². The van der Waals surface area contributed by atoms with Crippen LogP contribution < -0.4 is 19.7 Å². The van der Waals surface area contributed by atoms with Crippen molar-refractivity contribution in [2.75, 3.05) is 11.7 Å².